The van der Waals surface area contributed by atoms with Gasteiger partial charge in [-0.15, -0.1) is 0 Å². The van der Waals surface area contributed by atoms with Crippen LogP contribution in [0.1, 0.15) is 15.9 Å². The van der Waals surface area contributed by atoms with E-state index in [0.717, 1.165) is 10.0 Å². The molecule has 0 fully saturated rings. The van der Waals surface area contributed by atoms with Crippen molar-refractivity contribution in [1.82, 2.24) is 0 Å². The van der Waals surface area contributed by atoms with Gasteiger partial charge in [0.25, 0.3) is 0 Å². The highest BCUT2D eigenvalue weighted by atomic mass is 79.9. The van der Waals surface area contributed by atoms with Crippen LogP contribution in [-0.2, 0) is 0 Å². The Hall–Kier alpha value is -2.40. The molecule has 4 nitrogen and oxygen atoms in total. The van der Waals surface area contributed by atoms with E-state index in [-0.39, 0.29) is 5.56 Å². The van der Waals surface area contributed by atoms with E-state index < -0.39 is 5.97 Å². The van der Waals surface area contributed by atoms with Gasteiger partial charge in [-0.3, -0.25) is 5.43 Å². The molecule has 0 spiro atoms. The van der Waals surface area contributed by atoms with E-state index in [1.165, 1.54) is 12.1 Å². The average molecular weight is 345 g/mol. The van der Waals surface area contributed by atoms with Crippen molar-refractivity contribution in [2.24, 2.45) is 5.10 Å². The highest BCUT2D eigenvalue weighted by Crippen LogP contribution is 2.12. The molecule has 0 aliphatic carbocycles. The fraction of sp³-hybridized carbons (Fsp3) is 0. The third kappa shape index (κ3) is 4.89. The third-order valence-corrected chi connectivity index (χ3v) is 3.03. The van der Waals surface area contributed by atoms with Crippen molar-refractivity contribution in [3.63, 3.8) is 0 Å². The lowest BCUT2D eigenvalue weighted by atomic mass is 10.2. The minimum Gasteiger partial charge on any atom is -0.478 e. The zero-order valence-corrected chi connectivity index (χ0v) is 12.6. The van der Waals surface area contributed by atoms with Crippen molar-refractivity contribution < 1.29 is 9.90 Å². The molecular weight excluding hydrogens is 332 g/mol. The second kappa shape index (κ2) is 7.40. The molecule has 0 aliphatic heterocycles. The molecule has 0 aromatic heterocycles. The van der Waals surface area contributed by atoms with Crippen LogP contribution in [0.15, 0.2) is 64.2 Å². The Morgan fingerprint density at radius 3 is 2.62 bits per heavy atom. The SMILES string of the molecule is O=C(O)c1cccc(N/N=C\C(Br)=C\c2ccccc2)c1. The number of benzene rings is 2. The normalized spacial score (nSPS) is 11.6. The maximum absolute atomic E-state index is 10.9. The number of hydrazone groups is 1. The Bertz CT molecular complexity index is 682. The van der Waals surface area contributed by atoms with Crippen molar-refractivity contribution in [2.45, 2.75) is 0 Å². The first-order valence-electron chi connectivity index (χ1n) is 6.20. The highest BCUT2D eigenvalue weighted by molar-refractivity contribution is 9.12. The monoisotopic (exact) mass is 344 g/mol. The number of allylic oxidation sites excluding steroid dienone is 1. The number of carboxylic acid groups (broad SMARTS) is 1. The molecule has 0 unspecified atom stereocenters. The maximum atomic E-state index is 10.9. The molecule has 0 radical (unpaired) electrons. The van der Waals surface area contributed by atoms with E-state index in [9.17, 15) is 4.79 Å². The summed E-state index contributed by atoms with van der Waals surface area (Å²) in [4.78, 5) is 10.9. The average Bonchev–Trinajstić information content (AvgIpc) is 2.48. The fourth-order valence-corrected chi connectivity index (χ4v) is 2.00. The maximum Gasteiger partial charge on any atom is 0.335 e. The van der Waals surface area contributed by atoms with Crippen LogP contribution < -0.4 is 5.43 Å². The number of carboxylic acids is 1. The van der Waals surface area contributed by atoms with E-state index >= 15 is 0 Å². The number of anilines is 1. The van der Waals surface area contributed by atoms with Gasteiger partial charge in [-0.2, -0.15) is 5.10 Å². The smallest absolute Gasteiger partial charge is 0.335 e. The Morgan fingerprint density at radius 1 is 1.14 bits per heavy atom. The van der Waals surface area contributed by atoms with Gasteiger partial charge < -0.3 is 5.11 Å². The van der Waals surface area contributed by atoms with Crippen LogP contribution in [0.4, 0.5) is 5.69 Å². The van der Waals surface area contributed by atoms with Crippen LogP contribution in [0.25, 0.3) is 6.08 Å². The van der Waals surface area contributed by atoms with Crippen molar-refractivity contribution in [1.29, 1.82) is 0 Å². The first-order valence-corrected chi connectivity index (χ1v) is 6.99. The fourth-order valence-electron chi connectivity index (χ4n) is 1.64. The van der Waals surface area contributed by atoms with Gasteiger partial charge in [0.1, 0.15) is 0 Å². The van der Waals surface area contributed by atoms with Crippen molar-refractivity contribution in [2.75, 3.05) is 5.43 Å². The zero-order valence-electron chi connectivity index (χ0n) is 11.0. The van der Waals surface area contributed by atoms with Gasteiger partial charge in [0.2, 0.25) is 0 Å². The lowest BCUT2D eigenvalue weighted by molar-refractivity contribution is 0.0697. The zero-order chi connectivity index (χ0) is 15.1. The predicted octanol–water partition coefficient (Wildman–Crippen LogP) is 4.22. The molecule has 0 amide bonds. The molecule has 5 heteroatoms. The van der Waals surface area contributed by atoms with Gasteiger partial charge >= 0.3 is 5.97 Å². The topological polar surface area (TPSA) is 61.7 Å². The molecule has 0 saturated carbocycles. The number of hydrogen-bond acceptors (Lipinski definition) is 3. The van der Waals surface area contributed by atoms with Gasteiger partial charge in [-0.05, 0) is 45.8 Å². The van der Waals surface area contributed by atoms with Gasteiger partial charge in [0.15, 0.2) is 0 Å². The van der Waals surface area contributed by atoms with Crippen LogP contribution in [0.2, 0.25) is 0 Å². The van der Waals surface area contributed by atoms with Crippen molar-refractivity contribution in [3.8, 4) is 0 Å². The summed E-state index contributed by atoms with van der Waals surface area (Å²) >= 11 is 3.40. The second-order valence-corrected chi connectivity index (χ2v) is 5.11. The van der Waals surface area contributed by atoms with Crippen molar-refractivity contribution >= 4 is 39.9 Å². The summed E-state index contributed by atoms with van der Waals surface area (Å²) in [5.41, 5.74) is 4.68. The van der Waals surface area contributed by atoms with Crippen LogP contribution in [0.5, 0.6) is 0 Å². The van der Waals surface area contributed by atoms with Crippen LogP contribution >= 0.6 is 15.9 Å². The number of rotatable bonds is 5. The molecule has 0 bridgehead atoms. The summed E-state index contributed by atoms with van der Waals surface area (Å²) in [5, 5.41) is 13.0. The Kier molecular flexibility index (Phi) is 5.29. The molecule has 106 valence electrons. The lowest BCUT2D eigenvalue weighted by Crippen LogP contribution is -1.97. The Labute approximate surface area is 130 Å². The van der Waals surface area contributed by atoms with Crippen LogP contribution in [-0.4, -0.2) is 17.3 Å². The van der Waals surface area contributed by atoms with E-state index in [0.29, 0.717) is 5.69 Å². The lowest BCUT2D eigenvalue weighted by Gasteiger charge is -2.01. The summed E-state index contributed by atoms with van der Waals surface area (Å²) in [6.45, 7) is 0. The van der Waals surface area contributed by atoms with Crippen LogP contribution in [0, 0.1) is 0 Å². The third-order valence-electron chi connectivity index (χ3n) is 2.60. The number of aromatic carboxylic acids is 1. The highest BCUT2D eigenvalue weighted by Gasteiger charge is 2.01. The largest absolute Gasteiger partial charge is 0.478 e. The molecule has 0 saturated heterocycles. The number of carbonyl (C=O) groups is 1. The van der Waals surface area contributed by atoms with Gasteiger partial charge in [-0.25, -0.2) is 4.79 Å². The van der Waals surface area contributed by atoms with Crippen molar-refractivity contribution in [3.05, 3.63) is 70.2 Å². The summed E-state index contributed by atoms with van der Waals surface area (Å²) in [7, 11) is 0. The van der Waals surface area contributed by atoms with E-state index in [2.05, 4.69) is 26.5 Å². The van der Waals surface area contributed by atoms with E-state index in [1.807, 2.05) is 36.4 Å². The minimum atomic E-state index is -0.965. The Balaban J connectivity index is 2.00. The van der Waals surface area contributed by atoms with Gasteiger partial charge in [-0.1, -0.05) is 36.4 Å². The number of halogens is 1. The Morgan fingerprint density at radius 2 is 1.90 bits per heavy atom. The molecule has 0 atom stereocenters. The molecule has 21 heavy (non-hydrogen) atoms. The minimum absolute atomic E-state index is 0.217. The molecule has 0 aliphatic rings. The van der Waals surface area contributed by atoms with Gasteiger partial charge in [0.05, 0.1) is 17.5 Å². The first kappa shape index (κ1) is 15.0. The van der Waals surface area contributed by atoms with E-state index in [4.69, 9.17) is 5.11 Å². The predicted molar refractivity (Wildman–Crippen MR) is 88.9 cm³/mol. The summed E-state index contributed by atoms with van der Waals surface area (Å²) < 4.78 is 0.801. The summed E-state index contributed by atoms with van der Waals surface area (Å²) in [5.74, 6) is -0.965. The molecule has 2 rings (SSSR count). The molecule has 2 N–H and O–H groups in total. The molecule has 2 aromatic rings. The first-order chi connectivity index (χ1) is 10.1. The number of nitrogens with zero attached hydrogens (tertiary/aromatic N) is 1. The quantitative estimate of drug-likeness (QED) is 0.630. The van der Waals surface area contributed by atoms with Gasteiger partial charge in [0, 0.05) is 4.48 Å². The molecule has 0 heterocycles. The number of nitrogens with one attached hydrogen (secondary N) is 1. The molecule has 2 aromatic carbocycles. The standard InChI is InChI=1S/C16H13BrN2O2/c17-14(9-12-5-2-1-3-6-12)11-18-19-15-8-4-7-13(10-15)16(20)21/h1-11,19H,(H,20,21)/b14-9-,18-11-. The number of hydrogen-bond donors (Lipinski definition) is 2. The summed E-state index contributed by atoms with van der Waals surface area (Å²) in [6.07, 6.45) is 3.54. The van der Waals surface area contributed by atoms with E-state index in [1.54, 1.807) is 18.3 Å². The molecular formula is C16H13BrN2O2. The summed E-state index contributed by atoms with van der Waals surface area (Å²) in [6, 6.07) is 16.3. The second-order valence-electron chi connectivity index (χ2n) is 4.20. The van der Waals surface area contributed by atoms with Crippen LogP contribution in [0.3, 0.4) is 0 Å².